The molecule has 1 aliphatic carbocycles. The second-order valence-corrected chi connectivity index (χ2v) is 7.24. The van der Waals surface area contributed by atoms with Crippen LogP contribution in [0.5, 0.6) is 0 Å². The number of ether oxygens (including phenoxy) is 1. The van der Waals surface area contributed by atoms with E-state index in [0.717, 1.165) is 17.5 Å². The van der Waals surface area contributed by atoms with E-state index in [1.54, 1.807) is 48.5 Å². The van der Waals surface area contributed by atoms with E-state index in [0.29, 0.717) is 22.0 Å². The minimum atomic E-state index is -0.832. The van der Waals surface area contributed by atoms with Crippen molar-refractivity contribution in [2.24, 2.45) is 7.05 Å². The summed E-state index contributed by atoms with van der Waals surface area (Å²) in [6.45, 7) is -0.573. The van der Waals surface area contributed by atoms with Crippen molar-refractivity contribution < 1.29 is 19.1 Å². The number of amides is 2. The molecule has 0 radical (unpaired) electrons. The number of aromatic nitrogens is 2. The van der Waals surface area contributed by atoms with E-state index in [4.69, 9.17) is 4.74 Å². The summed E-state index contributed by atoms with van der Waals surface area (Å²) in [5.41, 5.74) is 0.257. The Morgan fingerprint density at radius 1 is 1.06 bits per heavy atom. The van der Waals surface area contributed by atoms with Crippen LogP contribution in [0.15, 0.2) is 53.3 Å². The minimum Gasteiger partial charge on any atom is -0.451 e. The van der Waals surface area contributed by atoms with Gasteiger partial charge in [-0.25, -0.2) is 9.48 Å². The third-order valence-electron chi connectivity index (χ3n) is 4.84. The average Bonchev–Trinajstić information content (AvgIpc) is 3.59. The van der Waals surface area contributed by atoms with Gasteiger partial charge in [0.25, 0.3) is 17.4 Å². The van der Waals surface area contributed by atoms with Crippen molar-refractivity contribution in [3.8, 4) is 0 Å². The second kappa shape index (κ2) is 8.39. The van der Waals surface area contributed by atoms with Crippen LogP contribution in [0.25, 0.3) is 10.8 Å². The fourth-order valence-electron chi connectivity index (χ4n) is 3.12. The van der Waals surface area contributed by atoms with Gasteiger partial charge in [0.15, 0.2) is 12.3 Å². The lowest BCUT2D eigenvalue weighted by molar-refractivity contribution is -0.119. The third kappa shape index (κ3) is 4.45. The summed E-state index contributed by atoms with van der Waals surface area (Å²) in [4.78, 5) is 49.4. The van der Waals surface area contributed by atoms with Gasteiger partial charge in [0.05, 0.1) is 16.6 Å². The second-order valence-electron chi connectivity index (χ2n) is 7.24. The molecular formula is C22H20N4O5. The van der Waals surface area contributed by atoms with Gasteiger partial charge in [-0.3, -0.25) is 14.4 Å². The maximum atomic E-state index is 12.5. The Kier molecular flexibility index (Phi) is 5.48. The van der Waals surface area contributed by atoms with Gasteiger partial charge in [0.2, 0.25) is 0 Å². The van der Waals surface area contributed by atoms with Crippen molar-refractivity contribution in [3.63, 3.8) is 0 Å². The third-order valence-corrected chi connectivity index (χ3v) is 4.84. The zero-order chi connectivity index (χ0) is 22.0. The van der Waals surface area contributed by atoms with Gasteiger partial charge in [-0.1, -0.05) is 30.3 Å². The first-order valence-electron chi connectivity index (χ1n) is 9.77. The van der Waals surface area contributed by atoms with Crippen LogP contribution >= 0.6 is 0 Å². The largest absolute Gasteiger partial charge is 0.451 e. The number of benzene rings is 2. The predicted octanol–water partition coefficient (Wildman–Crippen LogP) is 1.62. The normalized spacial score (nSPS) is 12.9. The fraction of sp³-hybridized carbons (Fsp3) is 0.227. The van der Waals surface area contributed by atoms with Gasteiger partial charge in [-0.2, -0.15) is 5.10 Å². The van der Waals surface area contributed by atoms with Gasteiger partial charge in [0.1, 0.15) is 0 Å². The maximum absolute atomic E-state index is 12.5. The van der Waals surface area contributed by atoms with E-state index in [1.807, 2.05) is 0 Å². The Labute approximate surface area is 177 Å². The number of aryl methyl sites for hydroxylation is 1. The number of carbonyl (C=O) groups is 3. The molecule has 9 heteroatoms. The SMILES string of the molecule is Cn1nc(C(=O)OCC(=O)Nc2ccccc2C(=O)NC2CC2)c2ccccc2c1=O. The molecule has 1 saturated carbocycles. The summed E-state index contributed by atoms with van der Waals surface area (Å²) in [5.74, 6) is -1.70. The average molecular weight is 420 g/mol. The van der Waals surface area contributed by atoms with Crippen LogP contribution in [0, 0.1) is 0 Å². The van der Waals surface area contributed by atoms with Crippen molar-refractivity contribution in [1.29, 1.82) is 0 Å². The topological polar surface area (TPSA) is 119 Å². The summed E-state index contributed by atoms with van der Waals surface area (Å²) in [7, 11) is 1.43. The van der Waals surface area contributed by atoms with E-state index in [9.17, 15) is 19.2 Å². The first kappa shape index (κ1) is 20.3. The maximum Gasteiger partial charge on any atom is 0.359 e. The Morgan fingerprint density at radius 2 is 1.74 bits per heavy atom. The Morgan fingerprint density at radius 3 is 2.48 bits per heavy atom. The highest BCUT2D eigenvalue weighted by Gasteiger charge is 2.25. The van der Waals surface area contributed by atoms with Crippen LogP contribution in [0.4, 0.5) is 5.69 Å². The number of rotatable bonds is 6. The number of fused-ring (bicyclic) bond motifs is 1. The van der Waals surface area contributed by atoms with Crippen LogP contribution in [0.1, 0.15) is 33.7 Å². The molecule has 31 heavy (non-hydrogen) atoms. The number of nitrogens with zero attached hydrogens (tertiary/aromatic N) is 2. The van der Waals surface area contributed by atoms with Crippen LogP contribution in [-0.4, -0.2) is 40.2 Å². The van der Waals surface area contributed by atoms with E-state index in [2.05, 4.69) is 15.7 Å². The van der Waals surface area contributed by atoms with Crippen LogP contribution < -0.4 is 16.2 Å². The lowest BCUT2D eigenvalue weighted by Crippen LogP contribution is -2.28. The molecule has 0 unspecified atom stereocenters. The number of para-hydroxylation sites is 1. The summed E-state index contributed by atoms with van der Waals surface area (Å²) >= 11 is 0. The molecule has 0 atom stereocenters. The van der Waals surface area contributed by atoms with E-state index in [1.165, 1.54) is 7.05 Å². The molecule has 4 rings (SSSR count). The van der Waals surface area contributed by atoms with Gasteiger partial charge in [-0.05, 0) is 31.0 Å². The zero-order valence-corrected chi connectivity index (χ0v) is 16.8. The molecule has 1 heterocycles. The van der Waals surface area contributed by atoms with E-state index < -0.39 is 18.5 Å². The smallest absolute Gasteiger partial charge is 0.359 e. The minimum absolute atomic E-state index is 0.0605. The molecule has 1 aromatic heterocycles. The molecule has 2 N–H and O–H groups in total. The predicted molar refractivity (Wildman–Crippen MR) is 113 cm³/mol. The molecule has 3 aromatic rings. The summed E-state index contributed by atoms with van der Waals surface area (Å²) in [6, 6.07) is 13.3. The molecule has 158 valence electrons. The van der Waals surface area contributed by atoms with Gasteiger partial charge >= 0.3 is 5.97 Å². The Hall–Kier alpha value is -4.01. The standard InChI is InChI=1S/C22H20N4O5/c1-26-21(29)15-7-3-2-6-14(15)19(25-26)22(30)31-12-18(27)24-17-9-5-4-8-16(17)20(28)23-13-10-11-13/h2-9,13H,10-12H2,1H3,(H,23,28)(H,24,27). The summed E-state index contributed by atoms with van der Waals surface area (Å²) in [5, 5.41) is 10.1. The summed E-state index contributed by atoms with van der Waals surface area (Å²) < 4.78 is 6.16. The molecular weight excluding hydrogens is 400 g/mol. The van der Waals surface area contributed by atoms with Gasteiger partial charge in [0, 0.05) is 18.5 Å². The van der Waals surface area contributed by atoms with Gasteiger partial charge < -0.3 is 15.4 Å². The highest BCUT2D eigenvalue weighted by molar-refractivity contribution is 6.05. The first-order valence-corrected chi connectivity index (χ1v) is 9.77. The molecule has 1 aliphatic rings. The lowest BCUT2D eigenvalue weighted by atomic mass is 10.1. The molecule has 0 aliphatic heterocycles. The number of carbonyl (C=O) groups excluding carboxylic acids is 3. The van der Waals surface area contributed by atoms with Gasteiger partial charge in [-0.15, -0.1) is 0 Å². The fourth-order valence-corrected chi connectivity index (χ4v) is 3.12. The Balaban J connectivity index is 1.45. The first-order chi connectivity index (χ1) is 14.9. The van der Waals surface area contributed by atoms with Crippen LogP contribution in [-0.2, 0) is 16.6 Å². The number of esters is 1. The quantitative estimate of drug-likeness (QED) is 0.585. The molecule has 1 fully saturated rings. The molecule has 0 bridgehead atoms. The highest BCUT2D eigenvalue weighted by Crippen LogP contribution is 2.21. The van der Waals surface area contributed by atoms with Crippen molar-refractivity contribution >= 4 is 34.2 Å². The molecule has 0 saturated heterocycles. The molecule has 9 nitrogen and oxygen atoms in total. The van der Waals surface area contributed by atoms with Crippen molar-refractivity contribution in [2.45, 2.75) is 18.9 Å². The number of nitrogens with one attached hydrogen (secondary N) is 2. The molecule has 2 amide bonds. The number of hydrogen-bond acceptors (Lipinski definition) is 6. The zero-order valence-electron chi connectivity index (χ0n) is 16.8. The summed E-state index contributed by atoms with van der Waals surface area (Å²) in [6.07, 6.45) is 1.90. The molecule has 0 spiro atoms. The van der Waals surface area contributed by atoms with Crippen molar-refractivity contribution in [2.75, 3.05) is 11.9 Å². The van der Waals surface area contributed by atoms with Crippen molar-refractivity contribution in [3.05, 3.63) is 70.1 Å². The number of anilines is 1. The van der Waals surface area contributed by atoms with Crippen molar-refractivity contribution in [1.82, 2.24) is 15.1 Å². The van der Waals surface area contributed by atoms with E-state index in [-0.39, 0.29) is 23.2 Å². The molecule has 2 aromatic carbocycles. The monoisotopic (exact) mass is 420 g/mol. The van der Waals surface area contributed by atoms with Crippen LogP contribution in [0.2, 0.25) is 0 Å². The Bertz CT molecular complexity index is 1250. The van der Waals surface area contributed by atoms with Crippen LogP contribution in [0.3, 0.4) is 0 Å². The lowest BCUT2D eigenvalue weighted by Gasteiger charge is -2.12. The highest BCUT2D eigenvalue weighted by atomic mass is 16.5. The number of hydrogen-bond donors (Lipinski definition) is 2. The van der Waals surface area contributed by atoms with E-state index >= 15 is 0 Å².